The van der Waals surface area contributed by atoms with E-state index in [4.69, 9.17) is 35.3 Å². The third-order valence-corrected chi connectivity index (χ3v) is 9.43. The van der Waals surface area contributed by atoms with Crippen molar-refractivity contribution in [3.05, 3.63) is 90.2 Å². The number of allylic oxidation sites excluding steroid dienone is 1. The summed E-state index contributed by atoms with van der Waals surface area (Å²) in [5.41, 5.74) is -1.15. The second-order valence-electron chi connectivity index (χ2n) is 12.0. The summed E-state index contributed by atoms with van der Waals surface area (Å²) in [6.45, 7) is 7.64. The molecule has 0 saturated carbocycles. The number of ketones is 2. The highest BCUT2D eigenvalue weighted by Gasteiger charge is 2.63. The fourth-order valence-electron chi connectivity index (χ4n) is 6.71. The van der Waals surface area contributed by atoms with Crippen LogP contribution in [-0.2, 0) is 18.9 Å². The van der Waals surface area contributed by atoms with E-state index in [1.807, 2.05) is 6.92 Å². The monoisotopic (exact) mass is 663 g/mol. The summed E-state index contributed by atoms with van der Waals surface area (Å²) < 4.78 is 31.1. The van der Waals surface area contributed by atoms with Crippen molar-refractivity contribution in [2.45, 2.75) is 31.8 Å². The molecule has 3 aliphatic rings. The molecule has 246 valence electrons. The molecule has 3 atom stereocenters. The van der Waals surface area contributed by atoms with E-state index in [1.165, 1.54) is 39.0 Å². The molecule has 0 bridgehead atoms. The van der Waals surface area contributed by atoms with E-state index in [9.17, 15) is 14.4 Å². The minimum Gasteiger partial charge on any atom is -0.496 e. The summed E-state index contributed by atoms with van der Waals surface area (Å²) in [5, 5.41) is 3.24. The predicted octanol–water partition coefficient (Wildman–Crippen LogP) is 4.15. The maximum Gasteiger partial charge on any atom is 0.332 e. The smallest absolute Gasteiger partial charge is 0.332 e. The number of carbonyl (C=O) groups is 2. The molecule has 6 rings (SSSR count). The minimum atomic E-state index is -2.03. The largest absolute Gasteiger partial charge is 0.496 e. The molecule has 1 aromatic heterocycles. The number of hydrogen-bond donors (Lipinski definition) is 1. The van der Waals surface area contributed by atoms with E-state index in [2.05, 4.69) is 11.9 Å². The van der Waals surface area contributed by atoms with Crippen LogP contribution in [0.5, 0.6) is 28.7 Å². The highest BCUT2D eigenvalue weighted by Crippen LogP contribution is 2.56. The van der Waals surface area contributed by atoms with E-state index < -0.39 is 40.3 Å². The molecule has 0 fully saturated rings. The Morgan fingerprint density at radius 2 is 1.68 bits per heavy atom. The zero-order valence-electron chi connectivity index (χ0n) is 27.0. The first-order chi connectivity index (χ1) is 22.3. The van der Waals surface area contributed by atoms with Gasteiger partial charge in [-0.05, 0) is 36.6 Å². The molecule has 0 saturated heterocycles. The van der Waals surface area contributed by atoms with Gasteiger partial charge in [0, 0.05) is 43.3 Å². The van der Waals surface area contributed by atoms with Crippen molar-refractivity contribution in [2.24, 2.45) is 20.0 Å². The number of ether oxygens (including phenoxy) is 5. The topological polar surface area (TPSA) is 136 Å². The van der Waals surface area contributed by atoms with Crippen LogP contribution in [0, 0.1) is 5.92 Å². The number of hydrogen-bond acceptors (Lipinski definition) is 10. The van der Waals surface area contributed by atoms with Gasteiger partial charge in [0.15, 0.2) is 17.2 Å². The van der Waals surface area contributed by atoms with Crippen molar-refractivity contribution >= 4 is 29.0 Å². The maximum absolute atomic E-state index is 15.1. The van der Waals surface area contributed by atoms with Crippen LogP contribution in [0.2, 0.25) is 5.02 Å². The molecule has 3 heterocycles. The van der Waals surface area contributed by atoms with Crippen LogP contribution in [-0.4, -0.2) is 54.2 Å². The van der Waals surface area contributed by atoms with Crippen LogP contribution >= 0.6 is 11.6 Å². The Morgan fingerprint density at radius 3 is 2.32 bits per heavy atom. The summed E-state index contributed by atoms with van der Waals surface area (Å²) in [6.07, 6.45) is 0.159. The lowest BCUT2D eigenvalue weighted by Gasteiger charge is -2.42. The second kappa shape index (κ2) is 11.4. The predicted molar refractivity (Wildman–Crippen MR) is 174 cm³/mol. The SMILES string of the molecule is C=C(C)COc1cc([C@@H]2C3=C(C[C@@H](C)[C@]4(Oc5c(Cl)c(OC)cc(OC)c5C4=O)C3=O)Nc3c2c(=O)n(C)c(=O)n3C)ccc1OC. The van der Waals surface area contributed by atoms with Crippen LogP contribution in [0.3, 0.4) is 0 Å². The summed E-state index contributed by atoms with van der Waals surface area (Å²) >= 11 is 6.64. The van der Waals surface area contributed by atoms with E-state index in [1.54, 1.807) is 32.2 Å². The zero-order valence-corrected chi connectivity index (χ0v) is 27.8. The molecule has 0 unspecified atom stereocenters. The van der Waals surface area contributed by atoms with Crippen molar-refractivity contribution in [3.63, 3.8) is 0 Å². The first-order valence-corrected chi connectivity index (χ1v) is 15.2. The van der Waals surface area contributed by atoms with Gasteiger partial charge in [0.25, 0.3) is 5.56 Å². The first kappa shape index (κ1) is 32.0. The Labute approximate surface area is 275 Å². The fraction of sp³-hybridized carbons (Fsp3) is 0.353. The highest BCUT2D eigenvalue weighted by molar-refractivity contribution is 6.36. The molecule has 3 aromatic rings. The van der Waals surface area contributed by atoms with Crippen LogP contribution in [0.1, 0.15) is 47.7 Å². The van der Waals surface area contributed by atoms with E-state index in [-0.39, 0.29) is 57.8 Å². The number of methoxy groups -OCH3 is 3. The Bertz CT molecular complexity index is 2060. The van der Waals surface area contributed by atoms with Gasteiger partial charge >= 0.3 is 5.69 Å². The number of benzene rings is 2. The summed E-state index contributed by atoms with van der Waals surface area (Å²) in [4.78, 5) is 56.6. The number of halogens is 1. The van der Waals surface area contributed by atoms with Crippen molar-refractivity contribution in [2.75, 3.05) is 33.3 Å². The number of rotatable bonds is 7. The second-order valence-corrected chi connectivity index (χ2v) is 12.4. The number of nitrogens with zero attached hydrogens (tertiary/aromatic N) is 2. The van der Waals surface area contributed by atoms with Gasteiger partial charge in [-0.25, -0.2) is 4.79 Å². The Hall–Kier alpha value is -4.97. The molecular weight excluding hydrogens is 630 g/mol. The van der Waals surface area contributed by atoms with Crippen LogP contribution < -0.4 is 40.3 Å². The van der Waals surface area contributed by atoms with Gasteiger partial charge in [-0.2, -0.15) is 0 Å². The number of nitrogens with one attached hydrogen (secondary N) is 1. The standard InChI is InChI=1S/C34H34ClN3O9/c1-15(2)14-46-20-12-17(9-10-19(20)43-6)23-24-18(36-31-26(23)32(41)38(5)33(42)37(31)4)11-16(3)34(29(24)39)30(40)25-21(44-7)13-22(45-8)27(35)28(25)47-34/h9-10,12-13,16,23,36H,1,11,14H2,2-8H3/t16-,23-,34+/m1/s1. The van der Waals surface area contributed by atoms with E-state index >= 15 is 4.79 Å². The molecule has 1 N–H and O–H groups in total. The number of fused-ring (bicyclic) bond motifs is 2. The van der Waals surface area contributed by atoms with Gasteiger partial charge in [0.1, 0.15) is 34.5 Å². The van der Waals surface area contributed by atoms with Gasteiger partial charge in [-0.15, -0.1) is 0 Å². The number of aromatic nitrogens is 2. The van der Waals surface area contributed by atoms with E-state index in [0.717, 1.165) is 10.1 Å². The Morgan fingerprint density at radius 1 is 1.00 bits per heavy atom. The number of Topliss-reactive ketones (excluding diaryl/α,β-unsaturated/α-hetero) is 2. The molecular formula is C34H34ClN3O9. The highest BCUT2D eigenvalue weighted by atomic mass is 35.5. The summed E-state index contributed by atoms with van der Waals surface area (Å²) in [5.74, 6) is -1.65. The number of carbonyl (C=O) groups excluding carboxylic acids is 2. The lowest BCUT2D eigenvalue weighted by Crippen LogP contribution is -2.58. The lowest BCUT2D eigenvalue weighted by atomic mass is 9.66. The fourth-order valence-corrected chi connectivity index (χ4v) is 6.97. The van der Waals surface area contributed by atoms with Gasteiger partial charge < -0.3 is 29.0 Å². The average molecular weight is 664 g/mol. The number of anilines is 1. The molecule has 2 aliphatic heterocycles. The van der Waals surface area contributed by atoms with Gasteiger partial charge in [0.2, 0.25) is 17.2 Å². The van der Waals surface area contributed by atoms with E-state index in [0.29, 0.717) is 22.8 Å². The lowest BCUT2D eigenvalue weighted by molar-refractivity contribution is -0.130. The van der Waals surface area contributed by atoms with Gasteiger partial charge in [-0.3, -0.25) is 23.5 Å². The Balaban J connectivity index is 1.61. The minimum absolute atomic E-state index is 0.0175. The first-order valence-electron chi connectivity index (χ1n) is 14.8. The normalized spacial score (nSPS) is 21.0. The zero-order chi connectivity index (χ0) is 34.1. The van der Waals surface area contributed by atoms with Crippen LogP contribution in [0.15, 0.2) is 57.3 Å². The quantitative estimate of drug-likeness (QED) is 0.290. The molecule has 12 nitrogen and oxygen atoms in total. The summed E-state index contributed by atoms with van der Waals surface area (Å²) in [6, 6.07) is 6.55. The van der Waals surface area contributed by atoms with Crippen molar-refractivity contribution in [1.29, 1.82) is 0 Å². The van der Waals surface area contributed by atoms with Crippen molar-refractivity contribution < 1.29 is 33.3 Å². The average Bonchev–Trinajstić information content (AvgIpc) is 3.38. The molecule has 47 heavy (non-hydrogen) atoms. The summed E-state index contributed by atoms with van der Waals surface area (Å²) in [7, 11) is 7.22. The molecule has 13 heteroatoms. The van der Waals surface area contributed by atoms with Gasteiger partial charge in [0.05, 0.1) is 26.9 Å². The van der Waals surface area contributed by atoms with Crippen molar-refractivity contribution in [3.8, 4) is 28.7 Å². The Kier molecular flexibility index (Phi) is 7.74. The molecule has 1 spiro atoms. The molecule has 2 aromatic carbocycles. The maximum atomic E-state index is 15.1. The van der Waals surface area contributed by atoms with Crippen LogP contribution in [0.25, 0.3) is 0 Å². The molecule has 1 aliphatic carbocycles. The van der Waals surface area contributed by atoms with Gasteiger partial charge in [-0.1, -0.05) is 31.2 Å². The third kappa shape index (κ3) is 4.49. The molecule has 0 amide bonds. The van der Waals surface area contributed by atoms with Crippen LogP contribution in [0.4, 0.5) is 5.82 Å². The molecule has 0 radical (unpaired) electrons. The van der Waals surface area contributed by atoms with Crippen molar-refractivity contribution in [1.82, 2.24) is 9.13 Å². The third-order valence-electron chi connectivity index (χ3n) is 9.07.